The molecule has 0 unspecified atom stereocenters. The van der Waals surface area contributed by atoms with Gasteiger partial charge in [-0.2, -0.15) is 39.5 Å². The van der Waals surface area contributed by atoms with Crippen molar-refractivity contribution in [1.29, 1.82) is 0 Å². The Kier molecular flexibility index (Phi) is 7.08. The number of hydrogen-bond donors (Lipinski definition) is 0. The van der Waals surface area contributed by atoms with Gasteiger partial charge in [0.15, 0.2) is 0 Å². The molecule has 0 rings (SSSR count). The molecule has 0 aliphatic carbocycles. The van der Waals surface area contributed by atoms with Crippen LogP contribution in [-0.4, -0.2) is 88.5 Å². The first-order chi connectivity index (χ1) is 10.8. The topological polar surface area (TPSA) is 9.72 Å². The lowest BCUT2D eigenvalue weighted by Crippen LogP contribution is -2.70. The van der Waals surface area contributed by atoms with E-state index in [4.69, 9.17) is 0 Å². The number of hydrogen-bond acceptors (Lipinski definition) is 3. The predicted octanol–water partition coefficient (Wildman–Crippen LogP) is 3.47. The second kappa shape index (κ2) is 7.23. The highest BCUT2D eigenvalue weighted by Gasteiger charge is 2.81. The van der Waals surface area contributed by atoms with Crippen molar-refractivity contribution in [2.75, 3.05) is 42.3 Å². The summed E-state index contributed by atoms with van der Waals surface area (Å²) >= 11 is 0. The monoisotopic (exact) mass is 407 g/mol. The SMILES string of the molecule is CN(C)[Si](CCC(F)(F)C(F)(F)C(F)(F)C(F)(F)F)(N(C)C)N(C)C. The molecule has 0 atom stereocenters. The maximum atomic E-state index is 13.8. The molecular weight excluding hydrogens is 385 g/mol. The summed E-state index contributed by atoms with van der Waals surface area (Å²) in [5.41, 5.74) is 0. The van der Waals surface area contributed by atoms with Crippen molar-refractivity contribution in [2.24, 2.45) is 0 Å². The Balaban J connectivity index is 5.77. The summed E-state index contributed by atoms with van der Waals surface area (Å²) < 4.78 is 121. The maximum Gasteiger partial charge on any atom is 0.460 e. The molecule has 13 heteroatoms. The highest BCUT2D eigenvalue weighted by molar-refractivity contribution is 6.71. The van der Waals surface area contributed by atoms with Crippen LogP contribution in [0.1, 0.15) is 6.42 Å². The Hall–Kier alpha value is -0.533. The van der Waals surface area contributed by atoms with Crippen LogP contribution >= 0.6 is 0 Å². The lowest BCUT2D eigenvalue weighted by atomic mass is 10.0. The molecule has 0 radical (unpaired) electrons. The summed E-state index contributed by atoms with van der Waals surface area (Å²) in [5.74, 6) is -19.0. The van der Waals surface area contributed by atoms with Gasteiger partial charge in [0, 0.05) is 6.42 Å². The zero-order valence-corrected chi connectivity index (χ0v) is 15.7. The molecule has 0 heterocycles. The third-order valence-corrected chi connectivity index (χ3v) is 9.35. The fraction of sp³-hybridized carbons (Fsp3) is 1.00. The lowest BCUT2D eigenvalue weighted by Gasteiger charge is -2.47. The summed E-state index contributed by atoms with van der Waals surface area (Å²) in [6.07, 6.45) is -8.62. The Morgan fingerprint density at radius 3 is 1.16 bits per heavy atom. The first-order valence-electron chi connectivity index (χ1n) is 7.01. The van der Waals surface area contributed by atoms with Gasteiger partial charge in [0.25, 0.3) is 8.56 Å². The number of alkyl halides is 9. The van der Waals surface area contributed by atoms with Crippen LogP contribution in [0.25, 0.3) is 0 Å². The molecule has 0 fully saturated rings. The molecule has 3 nitrogen and oxygen atoms in total. The summed E-state index contributed by atoms with van der Waals surface area (Å²) in [4.78, 5) is 0. The van der Waals surface area contributed by atoms with Gasteiger partial charge in [-0.15, -0.1) is 0 Å². The van der Waals surface area contributed by atoms with Crippen LogP contribution in [0.15, 0.2) is 0 Å². The molecule has 0 aliphatic rings. The molecule has 0 N–H and O–H groups in total. The van der Waals surface area contributed by atoms with Crippen LogP contribution in [0.4, 0.5) is 39.5 Å². The molecule has 25 heavy (non-hydrogen) atoms. The Labute approximate surface area is 141 Å². The second-order valence-corrected chi connectivity index (χ2v) is 11.0. The van der Waals surface area contributed by atoms with E-state index in [1.54, 1.807) is 0 Å². The van der Waals surface area contributed by atoms with Gasteiger partial charge < -0.3 is 13.7 Å². The van der Waals surface area contributed by atoms with Crippen molar-refractivity contribution in [2.45, 2.75) is 36.4 Å². The van der Waals surface area contributed by atoms with Crippen LogP contribution in [0.5, 0.6) is 0 Å². The van der Waals surface area contributed by atoms with E-state index in [9.17, 15) is 39.5 Å². The zero-order chi connectivity index (χ0) is 20.6. The van der Waals surface area contributed by atoms with Gasteiger partial charge >= 0.3 is 23.9 Å². The molecule has 0 aliphatic heterocycles. The largest absolute Gasteiger partial charge is 0.460 e. The number of nitrogens with zero attached hydrogens (tertiary/aromatic N) is 3. The van der Waals surface area contributed by atoms with Crippen molar-refractivity contribution in [1.82, 2.24) is 13.7 Å². The summed E-state index contributed by atoms with van der Waals surface area (Å²) in [6, 6.07) is -0.684. The van der Waals surface area contributed by atoms with Crippen molar-refractivity contribution < 1.29 is 39.5 Å². The third-order valence-electron chi connectivity index (χ3n) is 4.13. The van der Waals surface area contributed by atoms with Gasteiger partial charge in [0.05, 0.1) is 0 Å². The van der Waals surface area contributed by atoms with E-state index in [0.29, 0.717) is 0 Å². The quantitative estimate of drug-likeness (QED) is 0.451. The highest BCUT2D eigenvalue weighted by Crippen LogP contribution is 2.54. The molecule has 0 saturated carbocycles. The summed E-state index contributed by atoms with van der Waals surface area (Å²) in [6.45, 7) is 0. The van der Waals surface area contributed by atoms with Crippen LogP contribution in [0, 0.1) is 0 Å². The van der Waals surface area contributed by atoms with Gasteiger partial charge in [-0.05, 0) is 48.3 Å². The van der Waals surface area contributed by atoms with Gasteiger partial charge in [-0.25, -0.2) is 0 Å². The Morgan fingerprint density at radius 2 is 0.920 bits per heavy atom. The molecule has 0 saturated heterocycles. The molecule has 0 aromatic heterocycles. The first kappa shape index (κ1) is 24.5. The van der Waals surface area contributed by atoms with E-state index in [2.05, 4.69) is 0 Å². The minimum atomic E-state index is -6.85. The van der Waals surface area contributed by atoms with Crippen molar-refractivity contribution in [3.05, 3.63) is 0 Å². The minimum absolute atomic E-state index is 0.684. The van der Waals surface area contributed by atoms with E-state index in [1.807, 2.05) is 0 Å². The first-order valence-corrected chi connectivity index (χ1v) is 9.06. The van der Waals surface area contributed by atoms with Crippen LogP contribution in [-0.2, 0) is 0 Å². The highest BCUT2D eigenvalue weighted by atomic mass is 28.4. The van der Waals surface area contributed by atoms with Gasteiger partial charge in [0.2, 0.25) is 0 Å². The molecule has 0 amide bonds. The van der Waals surface area contributed by atoms with Gasteiger partial charge in [-0.1, -0.05) is 0 Å². The van der Waals surface area contributed by atoms with Crippen molar-refractivity contribution in [3.63, 3.8) is 0 Å². The van der Waals surface area contributed by atoms with Crippen LogP contribution in [0.3, 0.4) is 0 Å². The molecule has 0 spiro atoms. The smallest absolute Gasteiger partial charge is 0.305 e. The minimum Gasteiger partial charge on any atom is -0.305 e. The average Bonchev–Trinajstić information content (AvgIpc) is 2.35. The van der Waals surface area contributed by atoms with E-state index in [-0.39, 0.29) is 0 Å². The van der Waals surface area contributed by atoms with Crippen molar-refractivity contribution >= 4 is 8.56 Å². The Bertz CT molecular complexity index is 428. The summed E-state index contributed by atoms with van der Waals surface area (Å²) in [7, 11) is 5.80. The molecular formula is C12H22F9N3Si. The molecule has 152 valence electrons. The van der Waals surface area contributed by atoms with Crippen molar-refractivity contribution in [3.8, 4) is 0 Å². The zero-order valence-electron chi connectivity index (χ0n) is 14.7. The lowest BCUT2D eigenvalue weighted by molar-refractivity contribution is -0.396. The molecule has 0 bridgehead atoms. The molecule has 0 aromatic carbocycles. The third kappa shape index (κ3) is 4.08. The summed E-state index contributed by atoms with van der Waals surface area (Å²) in [5, 5.41) is 0. The fourth-order valence-corrected chi connectivity index (χ4v) is 7.15. The number of rotatable bonds is 8. The maximum absolute atomic E-state index is 13.8. The Morgan fingerprint density at radius 1 is 0.600 bits per heavy atom. The average molecular weight is 407 g/mol. The van der Waals surface area contributed by atoms with Gasteiger partial charge in [0.1, 0.15) is 0 Å². The number of halogens is 9. The predicted molar refractivity (Wildman–Crippen MR) is 77.1 cm³/mol. The second-order valence-electron chi connectivity index (χ2n) is 6.31. The van der Waals surface area contributed by atoms with E-state index < -0.39 is 45.0 Å². The van der Waals surface area contributed by atoms with Crippen LogP contribution < -0.4 is 0 Å². The van der Waals surface area contributed by atoms with Gasteiger partial charge in [-0.3, -0.25) is 0 Å². The van der Waals surface area contributed by atoms with E-state index in [0.717, 1.165) is 0 Å². The van der Waals surface area contributed by atoms with Crippen LogP contribution in [0.2, 0.25) is 6.04 Å². The van der Waals surface area contributed by atoms with E-state index in [1.165, 1.54) is 56.0 Å². The molecule has 0 aromatic rings. The van der Waals surface area contributed by atoms with E-state index >= 15 is 0 Å². The fourth-order valence-electron chi connectivity index (χ4n) is 2.76. The standard InChI is InChI=1S/C12H22F9N3Si/c1-22(2)25(23(3)4,24(5)6)8-7-9(13,14)10(15,16)11(17,18)12(19,20)21/h7-8H2,1-6H3. The normalized spacial score (nSPS) is 15.6.